The Morgan fingerprint density at radius 3 is 2.46 bits per heavy atom. The van der Waals surface area contributed by atoms with Gasteiger partial charge in [-0.2, -0.15) is 0 Å². The first-order valence-corrected chi connectivity index (χ1v) is 11.3. The second-order valence-corrected chi connectivity index (χ2v) is 8.35. The fourth-order valence-electron chi connectivity index (χ4n) is 4.13. The Morgan fingerprint density at radius 2 is 1.80 bits per heavy atom. The van der Waals surface area contributed by atoms with Crippen LogP contribution in [0.4, 0.5) is 5.69 Å². The number of ketones is 1. The van der Waals surface area contributed by atoms with Gasteiger partial charge in [0.25, 0.3) is 11.7 Å². The lowest BCUT2D eigenvalue weighted by atomic mass is 9.94. The largest absolute Gasteiger partial charge is 0.507 e. The second kappa shape index (κ2) is 9.72. The van der Waals surface area contributed by atoms with Gasteiger partial charge in [0.15, 0.2) is 11.5 Å². The topological polar surface area (TPSA) is 96.3 Å². The van der Waals surface area contributed by atoms with E-state index in [9.17, 15) is 19.8 Å². The number of anilines is 1. The monoisotopic (exact) mass is 493 g/mol. The van der Waals surface area contributed by atoms with Gasteiger partial charge in [0.05, 0.1) is 25.3 Å². The Hall–Kier alpha value is -3.97. The molecule has 35 heavy (non-hydrogen) atoms. The fourth-order valence-corrected chi connectivity index (χ4v) is 4.30. The van der Waals surface area contributed by atoms with E-state index in [1.165, 1.54) is 18.1 Å². The van der Waals surface area contributed by atoms with Crippen LogP contribution in [0, 0.1) is 6.92 Å². The van der Waals surface area contributed by atoms with Crippen molar-refractivity contribution in [3.63, 3.8) is 0 Å². The Labute approximate surface area is 207 Å². The zero-order chi connectivity index (χ0) is 25.3. The summed E-state index contributed by atoms with van der Waals surface area (Å²) in [6.45, 7) is 3.83. The highest BCUT2D eigenvalue weighted by atomic mass is 35.5. The molecule has 1 atom stereocenters. The SMILES string of the molecule is CCOc1cc(C2/C(=C(\O)c3ccc(OC)cc3)C(=O)C(=O)N2c2cccc(Cl)c2C)ccc1O. The molecular formula is C27H24ClNO6. The second-order valence-electron chi connectivity index (χ2n) is 7.94. The van der Waals surface area contributed by atoms with Crippen molar-refractivity contribution < 1.29 is 29.3 Å². The standard InChI is InChI=1S/C27H24ClNO6/c1-4-35-22-14-17(10-13-21(22)30)24-23(25(31)16-8-11-18(34-3)12-9-16)26(32)27(33)29(24)20-7-5-6-19(28)15(20)2/h5-14,24,30-31H,4H2,1-3H3/b25-23+. The molecule has 0 radical (unpaired) electrons. The van der Waals surface area contributed by atoms with Gasteiger partial charge in [0.1, 0.15) is 11.5 Å². The molecule has 0 saturated carbocycles. The fraction of sp³-hybridized carbons (Fsp3) is 0.185. The molecule has 0 aliphatic carbocycles. The maximum atomic E-state index is 13.4. The number of hydrogen-bond acceptors (Lipinski definition) is 6. The molecule has 3 aromatic carbocycles. The van der Waals surface area contributed by atoms with Crippen LogP contribution >= 0.6 is 11.6 Å². The molecule has 3 aromatic rings. The van der Waals surface area contributed by atoms with Gasteiger partial charge < -0.3 is 19.7 Å². The van der Waals surface area contributed by atoms with Crippen LogP contribution in [0.2, 0.25) is 5.02 Å². The summed E-state index contributed by atoms with van der Waals surface area (Å²) in [7, 11) is 1.52. The molecule has 1 heterocycles. The van der Waals surface area contributed by atoms with Gasteiger partial charge in [0.2, 0.25) is 0 Å². The van der Waals surface area contributed by atoms with Gasteiger partial charge in [-0.3, -0.25) is 14.5 Å². The smallest absolute Gasteiger partial charge is 0.300 e. The number of carbonyl (C=O) groups is 2. The molecule has 0 aromatic heterocycles. The molecule has 7 nitrogen and oxygen atoms in total. The molecule has 1 unspecified atom stereocenters. The number of phenolic OH excluding ortho intramolecular Hbond substituents is 1. The quantitative estimate of drug-likeness (QED) is 0.271. The maximum Gasteiger partial charge on any atom is 0.300 e. The van der Waals surface area contributed by atoms with Gasteiger partial charge in [-0.1, -0.05) is 23.7 Å². The average Bonchev–Trinajstić information content (AvgIpc) is 3.12. The first-order chi connectivity index (χ1) is 16.8. The molecule has 2 N–H and O–H groups in total. The number of benzene rings is 3. The van der Waals surface area contributed by atoms with Gasteiger partial charge in [-0.05, 0) is 73.5 Å². The van der Waals surface area contributed by atoms with Crippen molar-refractivity contribution in [1.29, 1.82) is 0 Å². The number of halogens is 1. The minimum absolute atomic E-state index is 0.0818. The summed E-state index contributed by atoms with van der Waals surface area (Å²) in [5.41, 5.74) is 1.77. The van der Waals surface area contributed by atoms with E-state index in [-0.39, 0.29) is 22.8 Å². The first-order valence-electron chi connectivity index (χ1n) is 10.9. The summed E-state index contributed by atoms with van der Waals surface area (Å²) in [4.78, 5) is 28.0. The number of phenols is 1. The Kier molecular flexibility index (Phi) is 6.71. The van der Waals surface area contributed by atoms with Gasteiger partial charge in [-0.15, -0.1) is 0 Å². The molecular weight excluding hydrogens is 470 g/mol. The molecule has 1 fully saturated rings. The Balaban J connectivity index is 1.97. The minimum Gasteiger partial charge on any atom is -0.507 e. The van der Waals surface area contributed by atoms with Crippen LogP contribution in [0.15, 0.2) is 66.2 Å². The van der Waals surface area contributed by atoms with E-state index in [1.807, 2.05) is 0 Å². The van der Waals surface area contributed by atoms with E-state index in [1.54, 1.807) is 68.4 Å². The number of ether oxygens (including phenoxy) is 2. The van der Waals surface area contributed by atoms with E-state index < -0.39 is 17.7 Å². The molecule has 1 aliphatic heterocycles. The highest BCUT2D eigenvalue weighted by molar-refractivity contribution is 6.52. The van der Waals surface area contributed by atoms with Crippen LogP contribution in [-0.4, -0.2) is 35.6 Å². The van der Waals surface area contributed by atoms with Crippen LogP contribution < -0.4 is 14.4 Å². The summed E-state index contributed by atoms with van der Waals surface area (Å²) in [5, 5.41) is 21.9. The van der Waals surface area contributed by atoms with Crippen molar-refractivity contribution in [2.45, 2.75) is 19.9 Å². The number of aliphatic hydroxyl groups excluding tert-OH is 1. The van der Waals surface area contributed by atoms with E-state index in [0.717, 1.165) is 0 Å². The number of aromatic hydroxyl groups is 1. The van der Waals surface area contributed by atoms with Gasteiger partial charge >= 0.3 is 0 Å². The van der Waals surface area contributed by atoms with Crippen LogP contribution in [0.3, 0.4) is 0 Å². The lowest BCUT2D eigenvalue weighted by Gasteiger charge is -2.27. The summed E-state index contributed by atoms with van der Waals surface area (Å²) in [6, 6.07) is 15.2. The number of Topliss-reactive ketones (excluding diaryl/α,β-unsaturated/α-hetero) is 1. The summed E-state index contributed by atoms with van der Waals surface area (Å²) >= 11 is 6.33. The third-order valence-electron chi connectivity index (χ3n) is 5.91. The third kappa shape index (κ3) is 4.31. The van der Waals surface area contributed by atoms with Crippen molar-refractivity contribution in [3.05, 3.63) is 87.9 Å². The summed E-state index contributed by atoms with van der Waals surface area (Å²) in [6.07, 6.45) is 0. The predicted octanol–water partition coefficient (Wildman–Crippen LogP) is 5.39. The summed E-state index contributed by atoms with van der Waals surface area (Å²) < 4.78 is 10.7. The van der Waals surface area contributed by atoms with Crippen molar-refractivity contribution in [1.82, 2.24) is 0 Å². The molecule has 1 aliphatic rings. The Morgan fingerprint density at radius 1 is 1.09 bits per heavy atom. The zero-order valence-corrected chi connectivity index (χ0v) is 20.2. The van der Waals surface area contributed by atoms with E-state index in [0.29, 0.717) is 39.8 Å². The maximum absolute atomic E-state index is 13.4. The van der Waals surface area contributed by atoms with Crippen LogP contribution in [-0.2, 0) is 9.59 Å². The average molecular weight is 494 g/mol. The van der Waals surface area contributed by atoms with Crippen molar-refractivity contribution in [3.8, 4) is 17.2 Å². The van der Waals surface area contributed by atoms with Crippen LogP contribution in [0.5, 0.6) is 17.2 Å². The molecule has 1 amide bonds. The molecule has 0 bridgehead atoms. The molecule has 8 heteroatoms. The molecule has 4 rings (SSSR count). The molecule has 1 saturated heterocycles. The van der Waals surface area contributed by atoms with Crippen molar-refractivity contribution >= 4 is 34.7 Å². The number of amides is 1. The first kappa shape index (κ1) is 24.2. The number of methoxy groups -OCH3 is 1. The van der Waals surface area contributed by atoms with E-state index in [4.69, 9.17) is 21.1 Å². The van der Waals surface area contributed by atoms with Crippen LogP contribution in [0.25, 0.3) is 5.76 Å². The predicted molar refractivity (Wildman–Crippen MR) is 133 cm³/mol. The van der Waals surface area contributed by atoms with Gasteiger partial charge in [-0.25, -0.2) is 0 Å². The lowest BCUT2D eigenvalue weighted by Crippen LogP contribution is -2.30. The number of carbonyl (C=O) groups excluding carboxylic acids is 2. The van der Waals surface area contributed by atoms with Crippen LogP contribution in [0.1, 0.15) is 29.7 Å². The molecule has 180 valence electrons. The minimum atomic E-state index is -0.992. The third-order valence-corrected chi connectivity index (χ3v) is 6.32. The normalized spacial score (nSPS) is 17.0. The van der Waals surface area contributed by atoms with E-state index >= 15 is 0 Å². The van der Waals surface area contributed by atoms with Crippen molar-refractivity contribution in [2.75, 3.05) is 18.6 Å². The number of aliphatic hydroxyl groups is 1. The highest BCUT2D eigenvalue weighted by Gasteiger charge is 2.47. The lowest BCUT2D eigenvalue weighted by molar-refractivity contribution is -0.132. The number of hydrogen-bond donors (Lipinski definition) is 2. The summed E-state index contributed by atoms with van der Waals surface area (Å²) in [5.74, 6) is -1.28. The number of rotatable bonds is 6. The number of nitrogens with zero attached hydrogens (tertiary/aromatic N) is 1. The van der Waals surface area contributed by atoms with E-state index in [2.05, 4.69) is 0 Å². The zero-order valence-electron chi connectivity index (χ0n) is 19.4. The van der Waals surface area contributed by atoms with Crippen molar-refractivity contribution in [2.24, 2.45) is 0 Å². The van der Waals surface area contributed by atoms with Gasteiger partial charge in [0, 0.05) is 16.3 Å². The molecule has 0 spiro atoms. The highest BCUT2D eigenvalue weighted by Crippen LogP contribution is 2.45. The Bertz CT molecular complexity index is 1330.